The number of anilines is 1. The Morgan fingerprint density at radius 1 is 1.41 bits per heavy atom. The van der Waals surface area contributed by atoms with E-state index in [0.29, 0.717) is 0 Å². The lowest BCUT2D eigenvalue weighted by atomic mass is 10.3. The van der Waals surface area contributed by atoms with E-state index in [0.717, 1.165) is 28.3 Å². The molecule has 0 bridgehead atoms. The number of nitrogens with one attached hydrogen (secondary N) is 2. The molecular weight excluding hydrogens is 234 g/mol. The van der Waals surface area contributed by atoms with E-state index in [1.54, 1.807) is 11.3 Å². The smallest absolute Gasteiger partial charge is 0.239 e. The Bertz CT molecular complexity index is 476. The van der Waals surface area contributed by atoms with Crippen molar-refractivity contribution in [3.8, 4) is 0 Å². The van der Waals surface area contributed by atoms with Crippen LogP contribution in [0.4, 0.5) is 5.13 Å². The number of para-hydroxylation sites is 1. The van der Waals surface area contributed by atoms with Gasteiger partial charge in [0.1, 0.15) is 0 Å². The van der Waals surface area contributed by atoms with E-state index in [9.17, 15) is 4.79 Å². The van der Waals surface area contributed by atoms with Gasteiger partial charge in [0.2, 0.25) is 5.91 Å². The summed E-state index contributed by atoms with van der Waals surface area (Å²) in [6, 6.07) is 7.93. The number of carbonyl (C=O) groups is 1. The summed E-state index contributed by atoms with van der Waals surface area (Å²) >= 11 is 1.56. The summed E-state index contributed by atoms with van der Waals surface area (Å²) in [7, 11) is 0. The Kier molecular flexibility index (Phi) is 3.93. The molecule has 1 amide bonds. The molecule has 0 atom stereocenters. The van der Waals surface area contributed by atoms with Crippen molar-refractivity contribution >= 4 is 32.6 Å². The standard InChI is InChI=1S/C12H15N3OS/c1-2-7-13-11(16)8-14-12-15-9-5-3-4-6-10(9)17-12/h3-6H,2,7-8H2,1H3,(H,13,16)(H,14,15). The molecule has 1 aromatic carbocycles. The van der Waals surface area contributed by atoms with E-state index in [4.69, 9.17) is 0 Å². The number of amides is 1. The van der Waals surface area contributed by atoms with Crippen LogP contribution in [0.1, 0.15) is 13.3 Å². The van der Waals surface area contributed by atoms with Crippen LogP contribution in [0, 0.1) is 0 Å². The van der Waals surface area contributed by atoms with Gasteiger partial charge in [0.15, 0.2) is 5.13 Å². The van der Waals surface area contributed by atoms with Crippen LogP contribution in [0.3, 0.4) is 0 Å². The second kappa shape index (κ2) is 5.63. The first kappa shape index (κ1) is 11.9. The topological polar surface area (TPSA) is 54.0 Å². The van der Waals surface area contributed by atoms with Crippen LogP contribution < -0.4 is 10.6 Å². The van der Waals surface area contributed by atoms with E-state index in [2.05, 4.69) is 15.6 Å². The molecule has 0 aliphatic carbocycles. The zero-order valence-electron chi connectivity index (χ0n) is 9.69. The minimum absolute atomic E-state index is 0.00565. The molecule has 2 N–H and O–H groups in total. The number of hydrogen-bond acceptors (Lipinski definition) is 4. The van der Waals surface area contributed by atoms with Gasteiger partial charge in [-0.2, -0.15) is 0 Å². The van der Waals surface area contributed by atoms with Gasteiger partial charge in [0, 0.05) is 6.54 Å². The molecule has 17 heavy (non-hydrogen) atoms. The van der Waals surface area contributed by atoms with Gasteiger partial charge in [-0.1, -0.05) is 30.4 Å². The highest BCUT2D eigenvalue weighted by Gasteiger charge is 2.04. The summed E-state index contributed by atoms with van der Waals surface area (Å²) in [6.07, 6.45) is 0.951. The van der Waals surface area contributed by atoms with Gasteiger partial charge in [-0.3, -0.25) is 4.79 Å². The molecule has 1 aromatic heterocycles. The average molecular weight is 249 g/mol. The highest BCUT2D eigenvalue weighted by atomic mass is 32.1. The quantitative estimate of drug-likeness (QED) is 0.854. The van der Waals surface area contributed by atoms with Crippen molar-refractivity contribution < 1.29 is 4.79 Å². The van der Waals surface area contributed by atoms with E-state index in [1.165, 1.54) is 0 Å². The summed E-state index contributed by atoms with van der Waals surface area (Å²) in [5, 5.41) is 6.64. The molecular formula is C12H15N3OS. The van der Waals surface area contributed by atoms with Crippen LogP contribution in [-0.2, 0) is 4.79 Å². The van der Waals surface area contributed by atoms with Gasteiger partial charge < -0.3 is 10.6 Å². The Morgan fingerprint density at radius 3 is 3.00 bits per heavy atom. The maximum atomic E-state index is 11.4. The summed E-state index contributed by atoms with van der Waals surface area (Å²) in [4.78, 5) is 15.8. The molecule has 2 rings (SSSR count). The molecule has 0 unspecified atom stereocenters. The summed E-state index contributed by atoms with van der Waals surface area (Å²) in [5.41, 5.74) is 0.967. The molecule has 0 aliphatic rings. The van der Waals surface area contributed by atoms with Crippen molar-refractivity contribution in [2.75, 3.05) is 18.4 Å². The van der Waals surface area contributed by atoms with Crippen molar-refractivity contribution in [2.45, 2.75) is 13.3 Å². The lowest BCUT2D eigenvalue weighted by Crippen LogP contribution is -2.30. The fourth-order valence-electron chi connectivity index (χ4n) is 1.43. The summed E-state index contributed by atoms with van der Waals surface area (Å²) in [6.45, 7) is 3.03. The average Bonchev–Trinajstić information content (AvgIpc) is 2.76. The Balaban J connectivity index is 1.92. The first-order chi connectivity index (χ1) is 8.29. The normalized spacial score (nSPS) is 10.4. The van der Waals surface area contributed by atoms with E-state index in [-0.39, 0.29) is 12.5 Å². The number of nitrogens with zero attached hydrogens (tertiary/aromatic N) is 1. The maximum Gasteiger partial charge on any atom is 0.239 e. The van der Waals surface area contributed by atoms with E-state index < -0.39 is 0 Å². The number of fused-ring (bicyclic) bond motifs is 1. The Morgan fingerprint density at radius 2 is 2.24 bits per heavy atom. The molecule has 0 spiro atoms. The zero-order chi connectivity index (χ0) is 12.1. The Hall–Kier alpha value is -1.62. The monoisotopic (exact) mass is 249 g/mol. The number of aromatic nitrogens is 1. The molecule has 0 radical (unpaired) electrons. The number of carbonyl (C=O) groups excluding carboxylic acids is 1. The van der Waals surface area contributed by atoms with Crippen LogP contribution >= 0.6 is 11.3 Å². The maximum absolute atomic E-state index is 11.4. The largest absolute Gasteiger partial charge is 0.355 e. The molecule has 0 fully saturated rings. The highest BCUT2D eigenvalue weighted by Crippen LogP contribution is 2.24. The predicted molar refractivity (Wildman–Crippen MR) is 71.4 cm³/mol. The lowest BCUT2D eigenvalue weighted by Gasteiger charge is -2.03. The van der Waals surface area contributed by atoms with Crippen molar-refractivity contribution in [3.05, 3.63) is 24.3 Å². The molecule has 2 aromatic rings. The van der Waals surface area contributed by atoms with Crippen LogP contribution in [0.2, 0.25) is 0 Å². The van der Waals surface area contributed by atoms with E-state index >= 15 is 0 Å². The van der Waals surface area contributed by atoms with Crippen molar-refractivity contribution in [3.63, 3.8) is 0 Å². The summed E-state index contributed by atoms with van der Waals surface area (Å²) < 4.78 is 1.13. The molecule has 0 saturated carbocycles. The second-order valence-electron chi connectivity index (χ2n) is 3.69. The molecule has 5 heteroatoms. The predicted octanol–water partition coefficient (Wildman–Crippen LogP) is 2.23. The fraction of sp³-hybridized carbons (Fsp3) is 0.333. The minimum atomic E-state index is 0.00565. The minimum Gasteiger partial charge on any atom is -0.355 e. The van der Waals surface area contributed by atoms with Crippen molar-refractivity contribution in [1.82, 2.24) is 10.3 Å². The molecule has 4 nitrogen and oxygen atoms in total. The van der Waals surface area contributed by atoms with Crippen LogP contribution in [-0.4, -0.2) is 24.0 Å². The molecule has 0 saturated heterocycles. The van der Waals surface area contributed by atoms with Gasteiger partial charge in [-0.25, -0.2) is 4.98 Å². The third-order valence-electron chi connectivity index (χ3n) is 2.27. The van der Waals surface area contributed by atoms with Gasteiger partial charge in [0.25, 0.3) is 0 Å². The van der Waals surface area contributed by atoms with Crippen LogP contribution in [0.15, 0.2) is 24.3 Å². The van der Waals surface area contributed by atoms with Crippen LogP contribution in [0.5, 0.6) is 0 Å². The van der Waals surface area contributed by atoms with Gasteiger partial charge in [-0.05, 0) is 18.6 Å². The van der Waals surface area contributed by atoms with Gasteiger partial charge in [0.05, 0.1) is 16.8 Å². The number of rotatable bonds is 5. The second-order valence-corrected chi connectivity index (χ2v) is 4.72. The lowest BCUT2D eigenvalue weighted by molar-refractivity contribution is -0.119. The number of thiazole rings is 1. The molecule has 90 valence electrons. The van der Waals surface area contributed by atoms with Gasteiger partial charge >= 0.3 is 0 Å². The van der Waals surface area contributed by atoms with Gasteiger partial charge in [-0.15, -0.1) is 0 Å². The first-order valence-corrected chi connectivity index (χ1v) is 6.47. The first-order valence-electron chi connectivity index (χ1n) is 5.65. The van der Waals surface area contributed by atoms with E-state index in [1.807, 2.05) is 31.2 Å². The zero-order valence-corrected chi connectivity index (χ0v) is 10.5. The fourth-order valence-corrected chi connectivity index (χ4v) is 2.29. The van der Waals surface area contributed by atoms with Crippen molar-refractivity contribution in [2.24, 2.45) is 0 Å². The molecule has 1 heterocycles. The third-order valence-corrected chi connectivity index (χ3v) is 3.26. The summed E-state index contributed by atoms with van der Waals surface area (Å²) in [5.74, 6) is 0.00565. The third kappa shape index (κ3) is 3.17. The number of benzene rings is 1. The molecule has 0 aliphatic heterocycles. The Labute approximate surface area is 104 Å². The van der Waals surface area contributed by atoms with Crippen molar-refractivity contribution in [1.29, 1.82) is 0 Å². The SMILES string of the molecule is CCCNC(=O)CNc1nc2ccccc2s1. The number of hydrogen-bond donors (Lipinski definition) is 2. The highest BCUT2D eigenvalue weighted by molar-refractivity contribution is 7.22. The van der Waals surface area contributed by atoms with Crippen LogP contribution in [0.25, 0.3) is 10.2 Å².